The van der Waals surface area contributed by atoms with Crippen molar-refractivity contribution in [2.24, 2.45) is 5.92 Å². The molecule has 3 aromatic carbocycles. The number of hydrogen-bond donors (Lipinski definition) is 1. The average Bonchev–Trinajstić information content (AvgIpc) is 3.54. The van der Waals surface area contributed by atoms with Crippen LogP contribution in [0.3, 0.4) is 0 Å². The minimum atomic E-state index is -0.409. The summed E-state index contributed by atoms with van der Waals surface area (Å²) >= 11 is 0. The van der Waals surface area contributed by atoms with Crippen molar-refractivity contribution in [3.8, 4) is 22.6 Å². The van der Waals surface area contributed by atoms with Crippen LogP contribution in [0.15, 0.2) is 60.7 Å². The topological polar surface area (TPSA) is 64.6 Å². The quantitative estimate of drug-likeness (QED) is 0.395. The fourth-order valence-corrected chi connectivity index (χ4v) is 4.94. The third-order valence-corrected chi connectivity index (χ3v) is 7.22. The number of rotatable bonds is 9. The third kappa shape index (κ3) is 5.01. The van der Waals surface area contributed by atoms with E-state index < -0.39 is 5.41 Å². The van der Waals surface area contributed by atoms with Crippen molar-refractivity contribution in [1.82, 2.24) is 5.32 Å². The molecule has 1 aliphatic carbocycles. The first kappa shape index (κ1) is 24.1. The van der Waals surface area contributed by atoms with Crippen molar-refractivity contribution in [3.63, 3.8) is 0 Å². The van der Waals surface area contributed by atoms with Gasteiger partial charge in [0, 0.05) is 20.8 Å². The number of hydrogen-bond acceptors (Lipinski definition) is 4. The lowest BCUT2D eigenvalue weighted by molar-refractivity contribution is -0.122. The maximum atomic E-state index is 13.5. The van der Waals surface area contributed by atoms with E-state index in [0.29, 0.717) is 25.3 Å². The zero-order valence-corrected chi connectivity index (χ0v) is 21.2. The van der Waals surface area contributed by atoms with E-state index >= 15 is 0 Å². The Balaban J connectivity index is 0.00000320. The van der Waals surface area contributed by atoms with Gasteiger partial charge in [0.25, 0.3) is 0 Å². The molecule has 1 fully saturated rings. The fourth-order valence-electron chi connectivity index (χ4n) is 4.94. The number of ether oxygens (including phenoxy) is 2. The number of carbonyl (C=O) groups is 2. The van der Waals surface area contributed by atoms with Crippen molar-refractivity contribution in [2.75, 3.05) is 6.79 Å². The van der Waals surface area contributed by atoms with E-state index in [9.17, 15) is 9.59 Å². The van der Waals surface area contributed by atoms with Gasteiger partial charge < -0.3 is 14.8 Å². The van der Waals surface area contributed by atoms with Gasteiger partial charge in [-0.1, -0.05) is 62.4 Å². The van der Waals surface area contributed by atoms with Gasteiger partial charge in [-0.25, -0.2) is 0 Å². The summed E-state index contributed by atoms with van der Waals surface area (Å²) in [5.41, 5.74) is 6.12. The van der Waals surface area contributed by atoms with Gasteiger partial charge in [0.2, 0.25) is 12.7 Å². The molecule has 36 heavy (non-hydrogen) atoms. The van der Waals surface area contributed by atoms with E-state index in [1.165, 1.54) is 5.56 Å². The van der Waals surface area contributed by atoms with Crippen molar-refractivity contribution in [3.05, 3.63) is 82.9 Å². The van der Waals surface area contributed by atoms with Crippen LogP contribution in [0.1, 0.15) is 56.8 Å². The summed E-state index contributed by atoms with van der Waals surface area (Å²) in [4.78, 5) is 25.4. The number of aryl methyl sites for hydroxylation is 1. The van der Waals surface area contributed by atoms with Gasteiger partial charge >= 0.3 is 0 Å². The van der Waals surface area contributed by atoms with Crippen LogP contribution in [0.2, 0.25) is 0 Å². The predicted molar refractivity (Wildman–Crippen MR) is 142 cm³/mol. The molecule has 0 aromatic heterocycles. The molecule has 5 rings (SSSR count). The van der Waals surface area contributed by atoms with E-state index in [-0.39, 0.29) is 19.9 Å². The maximum absolute atomic E-state index is 13.5. The first-order valence-electron chi connectivity index (χ1n) is 12.7. The van der Waals surface area contributed by atoms with Crippen LogP contribution in [-0.2, 0) is 28.0 Å². The lowest BCUT2D eigenvalue weighted by atomic mass is 9.87. The highest BCUT2D eigenvalue weighted by Gasteiger charge is 2.50. The zero-order valence-electron chi connectivity index (χ0n) is 21.2. The van der Waals surface area contributed by atoms with Gasteiger partial charge in [0.05, 0.1) is 5.41 Å². The Kier molecular flexibility index (Phi) is 6.57. The molecule has 0 unspecified atom stereocenters. The monoisotopic (exact) mass is 485 g/mol. The highest BCUT2D eigenvalue weighted by molar-refractivity contribution is 5.95. The molecule has 1 amide bonds. The molecule has 5 nitrogen and oxygen atoms in total. The summed E-state index contributed by atoms with van der Waals surface area (Å²) in [6, 6.07) is 20.5. The van der Waals surface area contributed by atoms with Crippen LogP contribution in [0, 0.1) is 12.8 Å². The van der Waals surface area contributed by atoms with Crippen molar-refractivity contribution >= 4 is 11.7 Å². The summed E-state index contributed by atoms with van der Waals surface area (Å²) in [5.74, 6) is 2.16. The van der Waals surface area contributed by atoms with Gasteiger partial charge in [-0.2, -0.15) is 0 Å². The summed E-state index contributed by atoms with van der Waals surface area (Å²) in [6.07, 6.45) is 2.69. The Morgan fingerprint density at radius 1 is 0.944 bits per heavy atom. The molecule has 1 heterocycles. The van der Waals surface area contributed by atoms with E-state index in [4.69, 9.17) is 9.47 Å². The summed E-state index contributed by atoms with van der Waals surface area (Å²) in [7, 11) is 0. The van der Waals surface area contributed by atoms with Crippen molar-refractivity contribution in [2.45, 2.75) is 58.4 Å². The molecule has 2 aliphatic rings. The molecule has 0 bridgehead atoms. The summed E-state index contributed by atoms with van der Waals surface area (Å²) < 4.78 is 11.0. The van der Waals surface area contributed by atoms with Crippen LogP contribution in [0.4, 0.5) is 0 Å². The van der Waals surface area contributed by atoms with E-state index in [1.807, 2.05) is 32.0 Å². The van der Waals surface area contributed by atoms with Crippen LogP contribution in [0.25, 0.3) is 11.1 Å². The van der Waals surface area contributed by atoms with E-state index in [0.717, 1.165) is 52.2 Å². The first-order valence-corrected chi connectivity index (χ1v) is 12.7. The Hall–Kier alpha value is -3.60. The molecule has 1 N–H and O–H groups in total. The van der Waals surface area contributed by atoms with Crippen LogP contribution in [0.5, 0.6) is 11.5 Å². The summed E-state index contributed by atoms with van der Waals surface area (Å²) in [5, 5.41) is 2.99. The van der Waals surface area contributed by atoms with Gasteiger partial charge in [-0.05, 0) is 71.2 Å². The Bertz CT molecular complexity index is 1300. The second kappa shape index (κ2) is 9.81. The molecule has 0 atom stereocenters. The van der Waals surface area contributed by atoms with Gasteiger partial charge in [0.1, 0.15) is 5.78 Å². The second-order valence-electron chi connectivity index (χ2n) is 10.5. The van der Waals surface area contributed by atoms with Gasteiger partial charge in [-0.15, -0.1) is 0 Å². The first-order chi connectivity index (χ1) is 17.3. The highest BCUT2D eigenvalue weighted by atomic mass is 16.7. The number of fused-ring (bicyclic) bond motifs is 1. The minimum absolute atomic E-state index is 0. The second-order valence-corrected chi connectivity index (χ2v) is 10.5. The van der Waals surface area contributed by atoms with E-state index in [1.54, 1.807) is 0 Å². The maximum Gasteiger partial charge on any atom is 0.231 e. The zero-order chi connectivity index (χ0) is 25.3. The molecule has 1 saturated carbocycles. The average molecular weight is 486 g/mol. The minimum Gasteiger partial charge on any atom is -0.454 e. The van der Waals surface area contributed by atoms with Crippen LogP contribution in [-0.4, -0.2) is 18.5 Å². The van der Waals surface area contributed by atoms with E-state index in [2.05, 4.69) is 54.7 Å². The Morgan fingerprint density at radius 3 is 2.39 bits per heavy atom. The number of carbonyl (C=O) groups excluding carboxylic acids is 2. The molecular formula is C31H35NO4. The standard InChI is InChI=1S/C31H33NO4.H2/c1-20(2)14-30(34)32-18-22-6-8-24(9-7-22)26-15-23(5-4-21(26)3)16-29(33)31(12-13-31)25-10-11-27-28(17-25)36-19-35-27;/h4-11,15,17,20H,12-14,16,18-19H2,1-3H3,(H,32,34);1H. The SMILES string of the molecule is Cc1ccc(CC(=O)C2(c3ccc4c(c3)OCO4)CC2)cc1-c1ccc(CNC(=O)CC(C)C)cc1.[HH]. The van der Waals surface area contributed by atoms with Crippen LogP contribution >= 0.6 is 0 Å². The molecular weight excluding hydrogens is 450 g/mol. The molecule has 0 saturated heterocycles. The van der Waals surface area contributed by atoms with Gasteiger partial charge in [-0.3, -0.25) is 9.59 Å². The lowest BCUT2D eigenvalue weighted by Gasteiger charge is -2.16. The number of Topliss-reactive ketones (excluding diaryl/α,β-unsaturated/α-hetero) is 1. The normalized spacial score (nSPS) is 15.1. The van der Waals surface area contributed by atoms with Crippen molar-refractivity contribution < 1.29 is 20.5 Å². The smallest absolute Gasteiger partial charge is 0.231 e. The number of amides is 1. The van der Waals surface area contributed by atoms with Crippen molar-refractivity contribution in [1.29, 1.82) is 0 Å². The fraction of sp³-hybridized carbons (Fsp3) is 0.355. The predicted octanol–water partition coefficient (Wildman–Crippen LogP) is 6.14. The number of nitrogens with one attached hydrogen (secondary N) is 1. The largest absolute Gasteiger partial charge is 0.454 e. The van der Waals surface area contributed by atoms with Gasteiger partial charge in [0.15, 0.2) is 11.5 Å². The Labute approximate surface area is 214 Å². The third-order valence-electron chi connectivity index (χ3n) is 7.22. The highest BCUT2D eigenvalue weighted by Crippen LogP contribution is 2.51. The lowest BCUT2D eigenvalue weighted by Crippen LogP contribution is -2.23. The molecule has 0 radical (unpaired) electrons. The molecule has 188 valence electrons. The molecule has 5 heteroatoms. The Morgan fingerprint density at radius 2 is 1.67 bits per heavy atom. The molecule has 1 aliphatic heterocycles. The molecule has 3 aromatic rings. The molecule has 0 spiro atoms. The van der Waals surface area contributed by atoms with Crippen LogP contribution < -0.4 is 14.8 Å². The number of ketones is 1. The summed E-state index contributed by atoms with van der Waals surface area (Å²) in [6.45, 7) is 6.94. The number of benzene rings is 3.